The second-order valence-electron chi connectivity index (χ2n) is 6.25. The van der Waals surface area contributed by atoms with Gasteiger partial charge in [-0.15, -0.1) is 0 Å². The maximum atomic E-state index is 12.3. The normalized spacial score (nSPS) is 14.6. The zero-order chi connectivity index (χ0) is 20.1. The van der Waals surface area contributed by atoms with Gasteiger partial charge in [0.05, 0.1) is 0 Å². The number of carbonyl (C=O) groups is 2. The van der Waals surface area contributed by atoms with Gasteiger partial charge in [-0.05, 0) is 48.5 Å². The number of benzene rings is 3. The van der Waals surface area contributed by atoms with Crippen LogP contribution in [0, 0.1) is 0 Å². The first kappa shape index (κ1) is 18.4. The van der Waals surface area contributed by atoms with Crippen molar-refractivity contribution in [3.05, 3.63) is 84.4 Å². The Morgan fingerprint density at radius 3 is 2.21 bits per heavy atom. The van der Waals surface area contributed by atoms with Crippen LogP contribution in [0.2, 0.25) is 0 Å². The molecule has 1 aliphatic rings. The summed E-state index contributed by atoms with van der Waals surface area (Å²) in [6, 6.07) is 23.0. The molecule has 2 N–H and O–H groups in total. The van der Waals surface area contributed by atoms with Gasteiger partial charge in [0, 0.05) is 5.56 Å². The maximum Gasteiger partial charge on any atom is 0.283 e. The Hall–Kier alpha value is -4.00. The van der Waals surface area contributed by atoms with Crippen LogP contribution in [0.5, 0.6) is 23.0 Å². The molecule has 0 bridgehead atoms. The summed E-state index contributed by atoms with van der Waals surface area (Å²) in [6.07, 6.45) is -0.855. The van der Waals surface area contributed by atoms with E-state index in [1.54, 1.807) is 42.5 Å². The summed E-state index contributed by atoms with van der Waals surface area (Å²) in [5.41, 5.74) is 5.11. The zero-order valence-corrected chi connectivity index (χ0v) is 15.3. The molecule has 0 aromatic heterocycles. The van der Waals surface area contributed by atoms with Gasteiger partial charge < -0.3 is 14.2 Å². The molecule has 0 radical (unpaired) electrons. The summed E-state index contributed by atoms with van der Waals surface area (Å²) < 4.78 is 16.8. The molecule has 1 aliphatic heterocycles. The van der Waals surface area contributed by atoms with Crippen molar-refractivity contribution in [1.82, 2.24) is 10.9 Å². The van der Waals surface area contributed by atoms with Crippen LogP contribution in [0.25, 0.3) is 0 Å². The summed E-state index contributed by atoms with van der Waals surface area (Å²) in [5.74, 6) is 1.41. The van der Waals surface area contributed by atoms with E-state index in [9.17, 15) is 9.59 Å². The molecule has 3 aromatic carbocycles. The van der Waals surface area contributed by atoms with Crippen LogP contribution in [-0.4, -0.2) is 24.5 Å². The van der Waals surface area contributed by atoms with E-state index in [2.05, 4.69) is 10.9 Å². The highest BCUT2D eigenvalue weighted by atomic mass is 16.6. The van der Waals surface area contributed by atoms with Gasteiger partial charge in [0.15, 0.2) is 11.5 Å². The Balaban J connectivity index is 1.30. The van der Waals surface area contributed by atoms with Gasteiger partial charge in [0.25, 0.3) is 11.8 Å². The second kappa shape index (κ2) is 8.35. The van der Waals surface area contributed by atoms with Crippen molar-refractivity contribution < 1.29 is 23.8 Å². The van der Waals surface area contributed by atoms with Gasteiger partial charge in [-0.1, -0.05) is 30.3 Å². The average Bonchev–Trinajstić information content (AvgIpc) is 2.78. The molecular weight excluding hydrogens is 372 g/mol. The molecule has 0 fully saturated rings. The highest BCUT2D eigenvalue weighted by Gasteiger charge is 2.27. The molecule has 0 saturated heterocycles. The quantitative estimate of drug-likeness (QED) is 0.669. The van der Waals surface area contributed by atoms with E-state index in [0.29, 0.717) is 28.6 Å². The Morgan fingerprint density at radius 2 is 1.45 bits per heavy atom. The SMILES string of the molecule is O=C(NNC(=O)C1COc2ccccc2O1)c1ccc(Oc2ccccc2)cc1. The Morgan fingerprint density at radius 1 is 0.793 bits per heavy atom. The van der Waals surface area contributed by atoms with Gasteiger partial charge in [-0.3, -0.25) is 20.4 Å². The fraction of sp³-hybridized carbons (Fsp3) is 0.0909. The van der Waals surface area contributed by atoms with Crippen molar-refractivity contribution in [2.24, 2.45) is 0 Å². The minimum atomic E-state index is -0.855. The van der Waals surface area contributed by atoms with Gasteiger partial charge in [0.2, 0.25) is 6.10 Å². The molecule has 1 atom stereocenters. The minimum Gasteiger partial charge on any atom is -0.485 e. The molecule has 4 rings (SSSR count). The van der Waals surface area contributed by atoms with Gasteiger partial charge >= 0.3 is 0 Å². The lowest BCUT2D eigenvalue weighted by Gasteiger charge is -2.25. The zero-order valence-electron chi connectivity index (χ0n) is 15.3. The van der Waals surface area contributed by atoms with E-state index >= 15 is 0 Å². The lowest BCUT2D eigenvalue weighted by molar-refractivity contribution is -0.131. The number of hydrazine groups is 1. The molecule has 29 heavy (non-hydrogen) atoms. The van der Waals surface area contributed by atoms with E-state index < -0.39 is 17.9 Å². The number of hydrogen-bond donors (Lipinski definition) is 2. The van der Waals surface area contributed by atoms with Crippen LogP contribution in [0.15, 0.2) is 78.9 Å². The summed E-state index contributed by atoms with van der Waals surface area (Å²) >= 11 is 0. The number of fused-ring (bicyclic) bond motifs is 1. The number of hydrogen-bond acceptors (Lipinski definition) is 5. The Kier molecular flexibility index (Phi) is 5.29. The molecule has 1 unspecified atom stereocenters. The van der Waals surface area contributed by atoms with Gasteiger partial charge in [-0.25, -0.2) is 0 Å². The van der Waals surface area contributed by atoms with Crippen molar-refractivity contribution in [2.75, 3.05) is 6.61 Å². The Labute approximate surface area is 167 Å². The van der Waals surface area contributed by atoms with Crippen LogP contribution in [0.4, 0.5) is 0 Å². The van der Waals surface area contributed by atoms with E-state index in [1.807, 2.05) is 36.4 Å². The smallest absolute Gasteiger partial charge is 0.283 e. The van der Waals surface area contributed by atoms with Crippen LogP contribution in [0.3, 0.4) is 0 Å². The minimum absolute atomic E-state index is 0.0598. The lowest BCUT2D eigenvalue weighted by Crippen LogP contribution is -2.50. The fourth-order valence-electron chi connectivity index (χ4n) is 2.72. The molecule has 3 aromatic rings. The molecule has 7 heteroatoms. The molecule has 0 saturated carbocycles. The third-order valence-corrected chi connectivity index (χ3v) is 4.20. The highest BCUT2D eigenvalue weighted by Crippen LogP contribution is 2.30. The third kappa shape index (κ3) is 4.47. The van der Waals surface area contributed by atoms with E-state index in [1.165, 1.54) is 0 Å². The predicted octanol–water partition coefficient (Wildman–Crippen LogP) is 3.08. The Bertz CT molecular complexity index is 1010. The predicted molar refractivity (Wildman–Crippen MR) is 105 cm³/mol. The maximum absolute atomic E-state index is 12.3. The number of amides is 2. The third-order valence-electron chi connectivity index (χ3n) is 4.20. The summed E-state index contributed by atoms with van der Waals surface area (Å²) in [5, 5.41) is 0. The first-order valence-electron chi connectivity index (χ1n) is 9.01. The van der Waals surface area contributed by atoms with Crippen molar-refractivity contribution in [3.8, 4) is 23.0 Å². The topological polar surface area (TPSA) is 85.9 Å². The second-order valence-corrected chi connectivity index (χ2v) is 6.25. The van der Waals surface area contributed by atoms with E-state index in [0.717, 1.165) is 0 Å². The van der Waals surface area contributed by atoms with Gasteiger partial charge in [0.1, 0.15) is 18.1 Å². The highest BCUT2D eigenvalue weighted by molar-refractivity contribution is 5.96. The average molecular weight is 390 g/mol. The number of nitrogens with one attached hydrogen (secondary N) is 2. The van der Waals surface area contributed by atoms with Crippen molar-refractivity contribution in [1.29, 1.82) is 0 Å². The van der Waals surface area contributed by atoms with Crippen LogP contribution >= 0.6 is 0 Å². The van der Waals surface area contributed by atoms with Crippen LogP contribution in [-0.2, 0) is 4.79 Å². The van der Waals surface area contributed by atoms with Crippen LogP contribution < -0.4 is 25.1 Å². The first-order valence-corrected chi connectivity index (χ1v) is 9.01. The first-order chi connectivity index (χ1) is 14.2. The summed E-state index contributed by atoms with van der Waals surface area (Å²) in [4.78, 5) is 24.5. The fourth-order valence-corrected chi connectivity index (χ4v) is 2.72. The molecule has 7 nitrogen and oxygen atoms in total. The van der Waals surface area contributed by atoms with Crippen molar-refractivity contribution in [3.63, 3.8) is 0 Å². The number of rotatable bonds is 4. The standard InChI is InChI=1S/C22H18N2O5/c25-21(15-10-12-17(13-11-15)28-16-6-2-1-3-7-16)23-24-22(26)20-14-27-18-8-4-5-9-19(18)29-20/h1-13,20H,14H2,(H,23,25)(H,24,26). The molecule has 0 spiro atoms. The summed E-state index contributed by atoms with van der Waals surface area (Å²) in [6.45, 7) is 0.0598. The summed E-state index contributed by atoms with van der Waals surface area (Å²) in [7, 11) is 0. The molecule has 0 aliphatic carbocycles. The van der Waals surface area contributed by atoms with Crippen LogP contribution in [0.1, 0.15) is 10.4 Å². The molecular formula is C22H18N2O5. The molecule has 2 amide bonds. The van der Waals surface area contributed by atoms with Crippen molar-refractivity contribution in [2.45, 2.75) is 6.10 Å². The van der Waals surface area contributed by atoms with E-state index in [4.69, 9.17) is 14.2 Å². The number of carbonyl (C=O) groups excluding carboxylic acids is 2. The number of ether oxygens (including phenoxy) is 3. The monoisotopic (exact) mass is 390 g/mol. The lowest BCUT2D eigenvalue weighted by atomic mass is 10.2. The largest absolute Gasteiger partial charge is 0.485 e. The number of para-hydroxylation sites is 3. The van der Waals surface area contributed by atoms with E-state index in [-0.39, 0.29) is 6.61 Å². The van der Waals surface area contributed by atoms with Gasteiger partial charge in [-0.2, -0.15) is 0 Å². The molecule has 146 valence electrons. The molecule has 1 heterocycles. The van der Waals surface area contributed by atoms with Crippen molar-refractivity contribution >= 4 is 11.8 Å².